The monoisotopic (exact) mass is 288 g/mol. The highest BCUT2D eigenvalue weighted by Crippen LogP contribution is 2.49. The lowest BCUT2D eigenvalue weighted by molar-refractivity contribution is -0.148. The Balaban J connectivity index is 1.86. The van der Waals surface area contributed by atoms with E-state index in [1.807, 2.05) is 11.9 Å². The number of aldehydes is 1. The van der Waals surface area contributed by atoms with E-state index in [1.54, 1.807) is 24.3 Å². The number of esters is 1. The number of benzene rings is 1. The van der Waals surface area contributed by atoms with Crippen LogP contribution in [0.5, 0.6) is 0 Å². The van der Waals surface area contributed by atoms with Crippen molar-refractivity contribution in [2.45, 2.75) is 43.4 Å². The fourth-order valence-corrected chi connectivity index (χ4v) is 3.69. The number of ether oxygens (including phenoxy) is 1. The standard InChI is InChI=1S/C16H20N2O3/c1-18-15(11-19)7-4-8-16(18,10-9-15)21-14(20)12-5-2-3-6-13(12)17/h2-3,5-6,11H,4,7-10,17H2,1H3/t15-,16-/m0/s1. The van der Waals surface area contributed by atoms with Crippen LogP contribution in [0.3, 0.4) is 0 Å². The Morgan fingerprint density at radius 1 is 1.29 bits per heavy atom. The predicted octanol–water partition coefficient (Wildman–Crippen LogP) is 1.97. The molecule has 3 rings (SSSR count). The quantitative estimate of drug-likeness (QED) is 0.523. The summed E-state index contributed by atoms with van der Waals surface area (Å²) in [5, 5.41) is 0. The second-order valence-corrected chi connectivity index (χ2v) is 6.06. The summed E-state index contributed by atoms with van der Waals surface area (Å²) in [4.78, 5) is 25.9. The van der Waals surface area contributed by atoms with E-state index in [9.17, 15) is 9.59 Å². The predicted molar refractivity (Wildman–Crippen MR) is 78.6 cm³/mol. The number of nitrogens with two attached hydrogens (primary N) is 1. The molecule has 2 heterocycles. The Kier molecular flexibility index (Phi) is 3.24. The molecule has 0 aromatic heterocycles. The minimum absolute atomic E-state index is 0.384. The molecule has 0 aliphatic carbocycles. The van der Waals surface area contributed by atoms with Crippen LogP contribution in [0.15, 0.2) is 24.3 Å². The van der Waals surface area contributed by atoms with Gasteiger partial charge >= 0.3 is 5.97 Å². The molecule has 2 bridgehead atoms. The van der Waals surface area contributed by atoms with Crippen LogP contribution in [0.2, 0.25) is 0 Å². The van der Waals surface area contributed by atoms with Gasteiger partial charge < -0.3 is 15.3 Å². The molecular weight excluding hydrogens is 268 g/mol. The van der Waals surface area contributed by atoms with E-state index in [0.29, 0.717) is 17.7 Å². The minimum Gasteiger partial charge on any atom is -0.440 e. The lowest BCUT2D eigenvalue weighted by Gasteiger charge is -2.45. The number of rotatable bonds is 3. The fraction of sp³-hybridized carbons (Fsp3) is 0.500. The van der Waals surface area contributed by atoms with E-state index in [0.717, 1.165) is 32.0 Å². The molecule has 0 amide bonds. The second-order valence-electron chi connectivity index (χ2n) is 6.06. The van der Waals surface area contributed by atoms with Crippen LogP contribution in [0, 0.1) is 0 Å². The lowest BCUT2D eigenvalue weighted by Crippen LogP contribution is -2.57. The third kappa shape index (κ3) is 2.03. The van der Waals surface area contributed by atoms with Crippen molar-refractivity contribution in [1.29, 1.82) is 0 Å². The van der Waals surface area contributed by atoms with Gasteiger partial charge in [0.25, 0.3) is 0 Å². The van der Waals surface area contributed by atoms with Crippen molar-refractivity contribution in [2.75, 3.05) is 12.8 Å². The number of nitrogens with zero attached hydrogens (tertiary/aromatic N) is 1. The van der Waals surface area contributed by atoms with Crippen molar-refractivity contribution in [3.8, 4) is 0 Å². The van der Waals surface area contributed by atoms with E-state index in [-0.39, 0.29) is 0 Å². The number of piperidine rings is 1. The van der Waals surface area contributed by atoms with Gasteiger partial charge in [-0.1, -0.05) is 12.1 Å². The van der Waals surface area contributed by atoms with Gasteiger partial charge in [-0.15, -0.1) is 0 Å². The molecule has 0 saturated carbocycles. The first-order chi connectivity index (χ1) is 10.0. The molecule has 0 radical (unpaired) electrons. The van der Waals surface area contributed by atoms with Gasteiger partial charge in [0.2, 0.25) is 0 Å². The molecule has 1 aromatic carbocycles. The van der Waals surface area contributed by atoms with Gasteiger partial charge in [0.15, 0.2) is 5.72 Å². The van der Waals surface area contributed by atoms with Crippen LogP contribution in [-0.4, -0.2) is 35.5 Å². The third-order valence-corrected chi connectivity index (χ3v) is 5.09. The summed E-state index contributed by atoms with van der Waals surface area (Å²) in [6.45, 7) is 0. The van der Waals surface area contributed by atoms with E-state index >= 15 is 0 Å². The largest absolute Gasteiger partial charge is 0.440 e. The maximum absolute atomic E-state index is 12.4. The van der Waals surface area contributed by atoms with Gasteiger partial charge in [-0.05, 0) is 38.4 Å². The Morgan fingerprint density at radius 3 is 2.76 bits per heavy atom. The molecule has 0 spiro atoms. The van der Waals surface area contributed by atoms with E-state index in [2.05, 4.69) is 0 Å². The molecule has 5 nitrogen and oxygen atoms in total. The average molecular weight is 288 g/mol. The topological polar surface area (TPSA) is 72.6 Å². The number of fused-ring (bicyclic) bond motifs is 2. The fourth-order valence-electron chi connectivity index (χ4n) is 3.69. The molecule has 2 saturated heterocycles. The zero-order valence-corrected chi connectivity index (χ0v) is 12.2. The summed E-state index contributed by atoms with van der Waals surface area (Å²) in [7, 11) is 1.88. The molecule has 112 valence electrons. The molecule has 5 heteroatoms. The maximum atomic E-state index is 12.4. The van der Waals surface area contributed by atoms with Gasteiger partial charge in [0.1, 0.15) is 6.29 Å². The summed E-state index contributed by atoms with van der Waals surface area (Å²) in [6, 6.07) is 6.89. The highest BCUT2D eigenvalue weighted by atomic mass is 16.6. The molecule has 2 N–H and O–H groups in total. The maximum Gasteiger partial charge on any atom is 0.342 e. The molecule has 1 aromatic rings. The van der Waals surface area contributed by atoms with Crippen LogP contribution >= 0.6 is 0 Å². The average Bonchev–Trinajstić information content (AvgIpc) is 2.64. The number of hydrogen-bond donors (Lipinski definition) is 1. The summed E-state index contributed by atoms with van der Waals surface area (Å²) in [5.74, 6) is -0.413. The molecular formula is C16H20N2O3. The lowest BCUT2D eigenvalue weighted by atomic mass is 9.89. The Bertz CT molecular complexity index is 589. The van der Waals surface area contributed by atoms with E-state index in [1.165, 1.54) is 0 Å². The van der Waals surface area contributed by atoms with Crippen molar-refractivity contribution in [2.24, 2.45) is 0 Å². The Hall–Kier alpha value is -1.88. The van der Waals surface area contributed by atoms with Crippen LogP contribution in [0.1, 0.15) is 42.5 Å². The normalized spacial score (nSPS) is 31.9. The summed E-state index contributed by atoms with van der Waals surface area (Å²) in [5.41, 5.74) is 5.50. The van der Waals surface area contributed by atoms with Crippen molar-refractivity contribution < 1.29 is 14.3 Å². The van der Waals surface area contributed by atoms with Crippen molar-refractivity contribution >= 4 is 17.9 Å². The molecule has 2 aliphatic heterocycles. The van der Waals surface area contributed by atoms with Gasteiger partial charge in [-0.25, -0.2) is 4.79 Å². The number of hydrogen-bond acceptors (Lipinski definition) is 5. The third-order valence-electron chi connectivity index (χ3n) is 5.09. The summed E-state index contributed by atoms with van der Waals surface area (Å²) in [6.07, 6.45) is 4.93. The highest BCUT2D eigenvalue weighted by Gasteiger charge is 2.58. The summed E-state index contributed by atoms with van der Waals surface area (Å²) < 4.78 is 5.82. The van der Waals surface area contributed by atoms with Gasteiger partial charge in [0.05, 0.1) is 11.1 Å². The van der Waals surface area contributed by atoms with Gasteiger partial charge in [-0.2, -0.15) is 0 Å². The van der Waals surface area contributed by atoms with E-state index in [4.69, 9.17) is 10.5 Å². The van der Waals surface area contributed by atoms with Crippen molar-refractivity contribution in [1.82, 2.24) is 4.90 Å². The Labute approximate surface area is 124 Å². The first kappa shape index (κ1) is 14.1. The number of carbonyl (C=O) groups excluding carboxylic acids is 2. The van der Waals surface area contributed by atoms with Crippen LogP contribution in [0.4, 0.5) is 5.69 Å². The molecule has 2 atom stereocenters. The number of carbonyl (C=O) groups is 2. The highest BCUT2D eigenvalue weighted by molar-refractivity contribution is 5.95. The van der Waals surface area contributed by atoms with Gasteiger partial charge in [0, 0.05) is 18.5 Å². The first-order valence-electron chi connectivity index (χ1n) is 7.31. The molecule has 0 unspecified atom stereocenters. The van der Waals surface area contributed by atoms with Crippen LogP contribution in [0.25, 0.3) is 0 Å². The van der Waals surface area contributed by atoms with Crippen molar-refractivity contribution in [3.63, 3.8) is 0 Å². The number of likely N-dealkylation sites (N-methyl/N-ethyl adjacent to an activating group) is 1. The zero-order chi connectivity index (χ0) is 15.1. The van der Waals surface area contributed by atoms with E-state index < -0.39 is 17.2 Å². The Morgan fingerprint density at radius 2 is 2.05 bits per heavy atom. The minimum atomic E-state index is -0.668. The number of nitrogen functional groups attached to an aromatic ring is 1. The van der Waals surface area contributed by atoms with Crippen molar-refractivity contribution in [3.05, 3.63) is 29.8 Å². The SMILES string of the molecule is CN1[C@@]2(C=O)CCC[C@]1(OC(=O)c1ccccc1N)CC2. The zero-order valence-electron chi connectivity index (χ0n) is 12.2. The number of para-hydroxylation sites is 1. The van der Waals surface area contributed by atoms with Crippen LogP contribution in [-0.2, 0) is 9.53 Å². The molecule has 21 heavy (non-hydrogen) atoms. The second kappa shape index (κ2) is 4.84. The van der Waals surface area contributed by atoms with Gasteiger partial charge in [-0.3, -0.25) is 4.90 Å². The smallest absolute Gasteiger partial charge is 0.342 e. The molecule has 2 aliphatic rings. The first-order valence-corrected chi connectivity index (χ1v) is 7.31. The molecule has 2 fully saturated rings. The summed E-state index contributed by atoms with van der Waals surface area (Å²) >= 11 is 0. The van der Waals surface area contributed by atoms with Crippen LogP contribution < -0.4 is 5.73 Å². The number of anilines is 1.